The van der Waals surface area contributed by atoms with E-state index >= 15 is 0 Å². The largest absolute Gasteiger partial charge is 0.457 e. The maximum atomic E-state index is 12.0. The number of hydrogen-bond donors (Lipinski definition) is 2. The van der Waals surface area contributed by atoms with Gasteiger partial charge >= 0.3 is 0 Å². The van der Waals surface area contributed by atoms with Crippen LogP contribution >= 0.6 is 0 Å². The summed E-state index contributed by atoms with van der Waals surface area (Å²) in [5.41, 5.74) is 7.43. The van der Waals surface area contributed by atoms with E-state index in [-0.39, 0.29) is 12.2 Å². The van der Waals surface area contributed by atoms with Crippen molar-refractivity contribution in [1.29, 1.82) is 0 Å². The second kappa shape index (κ2) is 8.13. The fraction of sp³-hybridized carbons (Fsp3) is 0.278. The fourth-order valence-electron chi connectivity index (χ4n) is 2.06. The van der Waals surface area contributed by atoms with Gasteiger partial charge < -0.3 is 15.8 Å². The average molecular weight is 362 g/mol. The highest BCUT2D eigenvalue weighted by molar-refractivity contribution is 7.90. The Labute approximate surface area is 147 Å². The molecule has 2 aromatic rings. The Morgan fingerprint density at radius 3 is 2.12 bits per heavy atom. The van der Waals surface area contributed by atoms with Gasteiger partial charge in [0.05, 0.1) is 11.8 Å². The lowest BCUT2D eigenvalue weighted by atomic mass is 10.2. The monoisotopic (exact) mass is 362 g/mol. The molecule has 6 nitrogen and oxygen atoms in total. The first-order valence-electron chi connectivity index (χ1n) is 7.82. The quantitative estimate of drug-likeness (QED) is 0.788. The van der Waals surface area contributed by atoms with Crippen LogP contribution in [0.15, 0.2) is 48.5 Å². The number of rotatable bonds is 7. The minimum Gasteiger partial charge on any atom is -0.457 e. The lowest BCUT2D eigenvalue weighted by molar-refractivity contribution is -0.117. The maximum Gasteiger partial charge on any atom is 0.241 e. The number of ether oxygens (including phenoxy) is 1. The summed E-state index contributed by atoms with van der Waals surface area (Å²) in [5, 5.41) is 2.66. The summed E-state index contributed by atoms with van der Waals surface area (Å²) in [4.78, 5) is 12.0. The third-order valence-electron chi connectivity index (χ3n) is 3.51. The summed E-state index contributed by atoms with van der Waals surface area (Å²) in [6.45, 7) is 2.00. The van der Waals surface area contributed by atoms with Gasteiger partial charge in [-0.05, 0) is 49.7 Å². The fourth-order valence-corrected chi connectivity index (χ4v) is 2.74. The highest BCUT2D eigenvalue weighted by atomic mass is 32.2. The Morgan fingerprint density at radius 1 is 1.08 bits per heavy atom. The van der Waals surface area contributed by atoms with E-state index < -0.39 is 21.8 Å². The van der Waals surface area contributed by atoms with Crippen LogP contribution in [0.25, 0.3) is 0 Å². The van der Waals surface area contributed by atoms with E-state index in [0.29, 0.717) is 11.4 Å². The summed E-state index contributed by atoms with van der Waals surface area (Å²) >= 11 is 0. The first-order valence-corrected chi connectivity index (χ1v) is 9.88. The lowest BCUT2D eigenvalue weighted by Crippen LogP contribution is -2.37. The van der Waals surface area contributed by atoms with E-state index in [1.54, 1.807) is 24.3 Å². The van der Waals surface area contributed by atoms with Crippen LogP contribution < -0.4 is 15.8 Å². The zero-order chi connectivity index (χ0) is 18.4. The second-order valence-electron chi connectivity index (χ2n) is 5.95. The molecule has 0 saturated heterocycles. The molecule has 0 bridgehead atoms. The van der Waals surface area contributed by atoms with Crippen molar-refractivity contribution in [3.63, 3.8) is 0 Å². The van der Waals surface area contributed by atoms with Crippen LogP contribution in [0.4, 0.5) is 5.69 Å². The van der Waals surface area contributed by atoms with E-state index in [1.807, 2.05) is 31.2 Å². The van der Waals surface area contributed by atoms with Gasteiger partial charge in [-0.15, -0.1) is 0 Å². The third kappa shape index (κ3) is 6.56. The zero-order valence-electron chi connectivity index (χ0n) is 14.2. The smallest absolute Gasteiger partial charge is 0.241 e. The van der Waals surface area contributed by atoms with Crippen LogP contribution in [0.3, 0.4) is 0 Å². The van der Waals surface area contributed by atoms with Crippen molar-refractivity contribution in [3.8, 4) is 11.5 Å². The minimum absolute atomic E-state index is 0.0826. The van der Waals surface area contributed by atoms with Crippen molar-refractivity contribution in [1.82, 2.24) is 0 Å². The van der Waals surface area contributed by atoms with Crippen LogP contribution in [0.2, 0.25) is 0 Å². The molecule has 0 saturated carbocycles. The maximum absolute atomic E-state index is 12.0. The van der Waals surface area contributed by atoms with Crippen molar-refractivity contribution in [2.45, 2.75) is 19.4 Å². The van der Waals surface area contributed by atoms with Gasteiger partial charge in [0.1, 0.15) is 21.3 Å². The van der Waals surface area contributed by atoms with Gasteiger partial charge in [0.2, 0.25) is 5.91 Å². The minimum atomic E-state index is -3.14. The van der Waals surface area contributed by atoms with Gasteiger partial charge in [0, 0.05) is 11.9 Å². The first kappa shape index (κ1) is 19.0. The predicted octanol–water partition coefficient (Wildman–Crippen LogP) is 2.49. The topological polar surface area (TPSA) is 98.5 Å². The Bertz CT molecular complexity index is 815. The van der Waals surface area contributed by atoms with E-state index in [2.05, 4.69) is 5.32 Å². The summed E-state index contributed by atoms with van der Waals surface area (Å²) in [5.74, 6) is 0.828. The van der Waals surface area contributed by atoms with E-state index in [1.165, 1.54) is 0 Å². The Kier molecular flexibility index (Phi) is 6.17. The van der Waals surface area contributed by atoms with Crippen LogP contribution in [-0.2, 0) is 14.6 Å². The highest BCUT2D eigenvalue weighted by Gasteiger charge is 2.16. The molecule has 0 spiro atoms. The molecule has 1 unspecified atom stereocenters. The van der Waals surface area contributed by atoms with E-state index in [4.69, 9.17) is 10.5 Å². The number of carbonyl (C=O) groups is 1. The molecule has 1 amide bonds. The number of benzene rings is 2. The number of sulfone groups is 1. The molecular formula is C18H22N2O4S. The van der Waals surface area contributed by atoms with Gasteiger partial charge in [-0.1, -0.05) is 17.7 Å². The molecule has 0 heterocycles. The van der Waals surface area contributed by atoms with Gasteiger partial charge in [-0.2, -0.15) is 0 Å². The summed E-state index contributed by atoms with van der Waals surface area (Å²) in [6, 6.07) is 13.7. The van der Waals surface area contributed by atoms with Crippen LogP contribution in [0.1, 0.15) is 12.0 Å². The zero-order valence-corrected chi connectivity index (χ0v) is 15.0. The summed E-state index contributed by atoms with van der Waals surface area (Å²) in [7, 11) is -3.14. The molecular weight excluding hydrogens is 340 g/mol. The van der Waals surface area contributed by atoms with Crippen LogP contribution in [-0.4, -0.2) is 32.4 Å². The van der Waals surface area contributed by atoms with Crippen molar-refractivity contribution < 1.29 is 17.9 Å². The Balaban J connectivity index is 1.91. The number of nitrogens with one attached hydrogen (secondary N) is 1. The Hall–Kier alpha value is -2.38. The predicted molar refractivity (Wildman–Crippen MR) is 98.6 cm³/mol. The lowest BCUT2D eigenvalue weighted by Gasteiger charge is -2.12. The molecule has 0 aliphatic carbocycles. The third-order valence-corrected chi connectivity index (χ3v) is 4.49. The van der Waals surface area contributed by atoms with Crippen molar-refractivity contribution in [2.24, 2.45) is 5.73 Å². The SMILES string of the molecule is Cc1ccc(Oc2ccc(NC(=O)C(N)CCS(C)(=O)=O)cc2)cc1. The number of nitrogens with two attached hydrogens (primary N) is 1. The van der Waals surface area contributed by atoms with E-state index in [9.17, 15) is 13.2 Å². The van der Waals surface area contributed by atoms with Crippen molar-refractivity contribution in [3.05, 3.63) is 54.1 Å². The molecule has 3 N–H and O–H groups in total. The van der Waals surface area contributed by atoms with E-state index in [0.717, 1.165) is 17.6 Å². The number of anilines is 1. The molecule has 0 aliphatic rings. The second-order valence-corrected chi connectivity index (χ2v) is 8.21. The van der Waals surface area contributed by atoms with Crippen LogP contribution in [0.5, 0.6) is 11.5 Å². The number of aryl methyl sites for hydroxylation is 1. The first-order chi connectivity index (χ1) is 11.7. The number of amides is 1. The molecule has 2 aromatic carbocycles. The molecule has 7 heteroatoms. The number of hydrogen-bond acceptors (Lipinski definition) is 5. The Morgan fingerprint density at radius 2 is 1.60 bits per heavy atom. The molecule has 0 aliphatic heterocycles. The van der Waals surface area contributed by atoms with Gasteiger partial charge in [0.15, 0.2) is 0 Å². The van der Waals surface area contributed by atoms with Crippen molar-refractivity contribution in [2.75, 3.05) is 17.3 Å². The van der Waals surface area contributed by atoms with Crippen molar-refractivity contribution >= 4 is 21.4 Å². The molecule has 134 valence electrons. The number of carbonyl (C=O) groups excluding carboxylic acids is 1. The highest BCUT2D eigenvalue weighted by Crippen LogP contribution is 2.23. The molecule has 2 rings (SSSR count). The summed E-state index contributed by atoms with van der Waals surface area (Å²) in [6.07, 6.45) is 1.20. The van der Waals surface area contributed by atoms with Gasteiger partial charge in [-0.3, -0.25) is 4.79 Å². The molecule has 0 fully saturated rings. The van der Waals surface area contributed by atoms with Crippen LogP contribution in [0, 0.1) is 6.92 Å². The molecule has 1 atom stereocenters. The molecule has 0 radical (unpaired) electrons. The molecule has 0 aromatic heterocycles. The van der Waals surface area contributed by atoms with Gasteiger partial charge in [-0.25, -0.2) is 8.42 Å². The molecule has 25 heavy (non-hydrogen) atoms. The van der Waals surface area contributed by atoms with Gasteiger partial charge in [0.25, 0.3) is 0 Å². The average Bonchev–Trinajstić information content (AvgIpc) is 2.56. The standard InChI is InChI=1S/C18H22N2O4S/c1-13-3-7-15(8-4-13)24-16-9-5-14(6-10-16)20-18(21)17(19)11-12-25(2,22)23/h3-10,17H,11-12,19H2,1-2H3,(H,20,21). The summed E-state index contributed by atoms with van der Waals surface area (Å²) < 4.78 is 28.0. The normalized spacial score (nSPS) is 12.4.